The number of aryl methyl sites for hydroxylation is 1. The van der Waals surface area contributed by atoms with Crippen molar-refractivity contribution in [2.24, 2.45) is 0 Å². The van der Waals surface area contributed by atoms with Crippen molar-refractivity contribution in [2.45, 2.75) is 25.0 Å². The molecule has 6 nitrogen and oxygen atoms in total. The van der Waals surface area contributed by atoms with E-state index in [1.807, 2.05) is 54.0 Å². The Hall–Kier alpha value is -2.80. The molecule has 0 aliphatic carbocycles. The molecular formula is C21H24N4O2S. The monoisotopic (exact) mass is 396 g/mol. The molecule has 1 heterocycles. The molecule has 28 heavy (non-hydrogen) atoms. The van der Waals surface area contributed by atoms with Gasteiger partial charge in [0, 0.05) is 6.54 Å². The van der Waals surface area contributed by atoms with Gasteiger partial charge >= 0.3 is 0 Å². The predicted octanol–water partition coefficient (Wildman–Crippen LogP) is 3.09. The van der Waals surface area contributed by atoms with Crippen molar-refractivity contribution in [3.05, 3.63) is 71.5 Å². The van der Waals surface area contributed by atoms with E-state index in [1.54, 1.807) is 7.11 Å². The average Bonchev–Trinajstić information content (AvgIpc) is 3.07. The number of aromatic nitrogens is 3. The van der Waals surface area contributed by atoms with E-state index >= 15 is 0 Å². The highest BCUT2D eigenvalue weighted by Crippen LogP contribution is 2.18. The molecule has 146 valence electrons. The van der Waals surface area contributed by atoms with Gasteiger partial charge in [0.2, 0.25) is 5.91 Å². The summed E-state index contributed by atoms with van der Waals surface area (Å²) < 4.78 is 7.18. The second kappa shape index (κ2) is 9.94. The van der Waals surface area contributed by atoms with Crippen molar-refractivity contribution < 1.29 is 9.53 Å². The summed E-state index contributed by atoms with van der Waals surface area (Å²) in [5, 5.41) is 12.1. The number of thioether (sulfide) groups is 1. The molecule has 0 radical (unpaired) electrons. The SMILES string of the molecule is COc1ccc(CCNC(=O)CSc2nnc(C)n2Cc2ccccc2)cc1. The van der Waals surface area contributed by atoms with Crippen LogP contribution in [-0.4, -0.2) is 40.1 Å². The summed E-state index contributed by atoms with van der Waals surface area (Å²) in [4.78, 5) is 12.2. The molecular weight excluding hydrogens is 372 g/mol. The maximum atomic E-state index is 12.2. The Morgan fingerprint density at radius 3 is 2.54 bits per heavy atom. The average molecular weight is 397 g/mol. The maximum absolute atomic E-state index is 12.2. The number of ether oxygens (including phenoxy) is 1. The first-order valence-electron chi connectivity index (χ1n) is 9.12. The molecule has 1 N–H and O–H groups in total. The first-order chi connectivity index (χ1) is 13.7. The number of rotatable bonds is 9. The lowest BCUT2D eigenvalue weighted by molar-refractivity contribution is -0.118. The molecule has 0 fully saturated rings. The second-order valence-electron chi connectivity index (χ2n) is 6.34. The van der Waals surface area contributed by atoms with Gasteiger partial charge in [-0.25, -0.2) is 0 Å². The van der Waals surface area contributed by atoms with Crippen LogP contribution >= 0.6 is 11.8 Å². The molecule has 0 saturated heterocycles. The lowest BCUT2D eigenvalue weighted by atomic mass is 10.1. The third-order valence-corrected chi connectivity index (χ3v) is 5.28. The highest BCUT2D eigenvalue weighted by atomic mass is 32.2. The van der Waals surface area contributed by atoms with Crippen LogP contribution in [0.15, 0.2) is 59.8 Å². The van der Waals surface area contributed by atoms with Crippen molar-refractivity contribution in [2.75, 3.05) is 19.4 Å². The fourth-order valence-corrected chi connectivity index (χ4v) is 3.55. The van der Waals surface area contributed by atoms with Gasteiger partial charge in [0.1, 0.15) is 11.6 Å². The van der Waals surface area contributed by atoms with Crippen molar-refractivity contribution in [3.63, 3.8) is 0 Å². The van der Waals surface area contributed by atoms with Crippen LogP contribution in [0.3, 0.4) is 0 Å². The number of nitrogens with one attached hydrogen (secondary N) is 1. The summed E-state index contributed by atoms with van der Waals surface area (Å²) in [6.45, 7) is 3.22. The quantitative estimate of drug-likeness (QED) is 0.563. The number of hydrogen-bond donors (Lipinski definition) is 1. The summed E-state index contributed by atoms with van der Waals surface area (Å²) in [5.74, 6) is 1.98. The Kier molecular flexibility index (Phi) is 7.08. The molecule has 0 atom stereocenters. The van der Waals surface area contributed by atoms with Crippen molar-refractivity contribution >= 4 is 17.7 Å². The Morgan fingerprint density at radius 2 is 1.82 bits per heavy atom. The van der Waals surface area contributed by atoms with Gasteiger partial charge in [0.25, 0.3) is 0 Å². The number of carbonyl (C=O) groups is 1. The summed E-state index contributed by atoms with van der Waals surface area (Å²) >= 11 is 1.41. The van der Waals surface area contributed by atoms with Gasteiger partial charge in [0.05, 0.1) is 19.4 Å². The smallest absolute Gasteiger partial charge is 0.230 e. The van der Waals surface area contributed by atoms with Gasteiger partial charge in [-0.05, 0) is 36.6 Å². The molecule has 7 heteroatoms. The largest absolute Gasteiger partial charge is 0.497 e. The first kappa shape index (κ1) is 19.9. The number of nitrogens with zero attached hydrogens (tertiary/aromatic N) is 3. The van der Waals surface area contributed by atoms with E-state index in [1.165, 1.54) is 17.3 Å². The molecule has 0 aliphatic rings. The van der Waals surface area contributed by atoms with E-state index in [2.05, 4.69) is 27.6 Å². The number of carbonyl (C=O) groups excluding carboxylic acids is 1. The lowest BCUT2D eigenvalue weighted by Gasteiger charge is -2.09. The Bertz CT molecular complexity index is 895. The van der Waals surface area contributed by atoms with Gasteiger partial charge in [-0.15, -0.1) is 10.2 Å². The third-order valence-electron chi connectivity index (χ3n) is 4.31. The van der Waals surface area contributed by atoms with Crippen molar-refractivity contribution in [3.8, 4) is 5.75 Å². The Labute approximate surface area is 169 Å². The van der Waals surface area contributed by atoms with Gasteiger partial charge < -0.3 is 14.6 Å². The highest BCUT2D eigenvalue weighted by Gasteiger charge is 2.12. The van der Waals surface area contributed by atoms with Crippen LogP contribution in [0.2, 0.25) is 0 Å². The van der Waals surface area contributed by atoms with E-state index in [0.29, 0.717) is 18.8 Å². The molecule has 0 aliphatic heterocycles. The summed E-state index contributed by atoms with van der Waals surface area (Å²) in [6, 6.07) is 18.0. The van der Waals surface area contributed by atoms with E-state index in [0.717, 1.165) is 28.7 Å². The fraction of sp³-hybridized carbons (Fsp3) is 0.286. The zero-order chi connectivity index (χ0) is 19.8. The standard InChI is InChI=1S/C21H24N4O2S/c1-16-23-24-21(25(16)14-18-6-4-3-5-7-18)28-15-20(26)22-13-12-17-8-10-19(27-2)11-9-17/h3-11H,12-15H2,1-2H3,(H,22,26). The fourth-order valence-electron chi connectivity index (χ4n) is 2.74. The van der Waals surface area contributed by atoms with Gasteiger partial charge in [-0.3, -0.25) is 4.79 Å². The molecule has 3 aromatic rings. The summed E-state index contributed by atoms with van der Waals surface area (Å²) in [6.07, 6.45) is 0.781. The summed E-state index contributed by atoms with van der Waals surface area (Å²) in [5.41, 5.74) is 2.34. The van der Waals surface area contributed by atoms with Crippen LogP contribution in [0.1, 0.15) is 17.0 Å². The topological polar surface area (TPSA) is 69.0 Å². The molecule has 2 aromatic carbocycles. The number of benzene rings is 2. The zero-order valence-electron chi connectivity index (χ0n) is 16.1. The Balaban J connectivity index is 1.46. The normalized spacial score (nSPS) is 10.6. The van der Waals surface area contributed by atoms with Crippen LogP contribution in [-0.2, 0) is 17.8 Å². The first-order valence-corrected chi connectivity index (χ1v) is 10.1. The lowest BCUT2D eigenvalue weighted by Crippen LogP contribution is -2.27. The minimum atomic E-state index is -0.00886. The minimum absolute atomic E-state index is 0.00886. The van der Waals surface area contributed by atoms with Gasteiger partial charge in [-0.1, -0.05) is 54.2 Å². The maximum Gasteiger partial charge on any atom is 0.230 e. The second-order valence-corrected chi connectivity index (χ2v) is 7.28. The van der Waals surface area contributed by atoms with Gasteiger partial charge in [-0.2, -0.15) is 0 Å². The van der Waals surface area contributed by atoms with E-state index < -0.39 is 0 Å². The number of methoxy groups -OCH3 is 1. The van der Waals surface area contributed by atoms with Crippen LogP contribution in [0.5, 0.6) is 5.75 Å². The van der Waals surface area contributed by atoms with Crippen LogP contribution in [0, 0.1) is 6.92 Å². The molecule has 0 saturated carbocycles. The van der Waals surface area contributed by atoms with E-state index in [4.69, 9.17) is 4.74 Å². The van der Waals surface area contributed by atoms with Crippen LogP contribution in [0.25, 0.3) is 0 Å². The van der Waals surface area contributed by atoms with E-state index in [9.17, 15) is 4.79 Å². The number of amides is 1. The number of hydrogen-bond acceptors (Lipinski definition) is 5. The zero-order valence-corrected chi connectivity index (χ0v) is 16.9. The van der Waals surface area contributed by atoms with Gasteiger partial charge in [0.15, 0.2) is 5.16 Å². The highest BCUT2D eigenvalue weighted by molar-refractivity contribution is 7.99. The molecule has 0 spiro atoms. The molecule has 0 bridgehead atoms. The third kappa shape index (κ3) is 5.60. The molecule has 1 aromatic heterocycles. The summed E-state index contributed by atoms with van der Waals surface area (Å²) in [7, 11) is 1.65. The molecule has 0 unspecified atom stereocenters. The van der Waals surface area contributed by atoms with Crippen LogP contribution in [0.4, 0.5) is 0 Å². The Morgan fingerprint density at radius 1 is 1.07 bits per heavy atom. The van der Waals surface area contributed by atoms with E-state index in [-0.39, 0.29) is 5.91 Å². The predicted molar refractivity (Wildman–Crippen MR) is 111 cm³/mol. The molecule has 3 rings (SSSR count). The minimum Gasteiger partial charge on any atom is -0.497 e. The van der Waals surface area contributed by atoms with Crippen molar-refractivity contribution in [1.82, 2.24) is 20.1 Å². The van der Waals surface area contributed by atoms with Crippen LogP contribution < -0.4 is 10.1 Å². The molecule has 1 amide bonds. The van der Waals surface area contributed by atoms with Crippen molar-refractivity contribution in [1.29, 1.82) is 0 Å².